The molecule has 0 bridgehead atoms. The van der Waals surface area contributed by atoms with Gasteiger partial charge in [-0.05, 0) is 65.9 Å². The highest BCUT2D eigenvalue weighted by molar-refractivity contribution is 6.04. The summed E-state index contributed by atoms with van der Waals surface area (Å²) in [6.45, 7) is 3.99. The molecule has 0 unspecified atom stereocenters. The first-order valence-corrected chi connectivity index (χ1v) is 12.5. The van der Waals surface area contributed by atoms with E-state index in [-0.39, 0.29) is 29.9 Å². The summed E-state index contributed by atoms with van der Waals surface area (Å²) in [4.78, 5) is 12.9. The molecule has 186 valence electrons. The topological polar surface area (TPSA) is 38.3 Å². The quantitative estimate of drug-likeness (QED) is 0.262. The highest BCUT2D eigenvalue weighted by Gasteiger charge is 2.24. The van der Waals surface area contributed by atoms with E-state index in [0.717, 1.165) is 22.3 Å². The van der Waals surface area contributed by atoms with Gasteiger partial charge in [0.15, 0.2) is 0 Å². The molecule has 0 aromatic heterocycles. The van der Waals surface area contributed by atoms with Crippen molar-refractivity contribution in [3.8, 4) is 5.75 Å². The lowest BCUT2D eigenvalue weighted by Crippen LogP contribution is -3.00. The van der Waals surface area contributed by atoms with E-state index in [0.29, 0.717) is 17.9 Å². The Morgan fingerprint density at radius 3 is 2.39 bits per heavy atom. The lowest BCUT2D eigenvalue weighted by Gasteiger charge is -2.37. The van der Waals surface area contributed by atoms with Crippen molar-refractivity contribution in [3.05, 3.63) is 108 Å². The summed E-state index contributed by atoms with van der Waals surface area (Å²) in [6, 6.07) is 30.2. The molecule has 36 heavy (non-hydrogen) atoms. The van der Waals surface area contributed by atoms with Gasteiger partial charge in [-0.15, -0.1) is 0 Å². The van der Waals surface area contributed by atoms with Gasteiger partial charge < -0.3 is 38.5 Å². The third-order valence-electron chi connectivity index (χ3n) is 7.04. The summed E-state index contributed by atoms with van der Waals surface area (Å²) in [5.74, 6) is 0.544. The molecule has 1 aliphatic heterocycles. The second-order valence-electron chi connectivity index (χ2n) is 9.89. The van der Waals surface area contributed by atoms with Crippen molar-refractivity contribution < 1.29 is 38.0 Å². The third kappa shape index (κ3) is 6.45. The number of halogens is 1. The largest absolute Gasteiger partial charge is 1.00 e. The Morgan fingerprint density at radius 1 is 0.861 bits per heavy atom. The van der Waals surface area contributed by atoms with E-state index in [9.17, 15) is 4.79 Å². The van der Waals surface area contributed by atoms with E-state index in [1.807, 2.05) is 48.5 Å². The Bertz CT molecular complexity index is 1310. The fourth-order valence-corrected chi connectivity index (χ4v) is 5.08. The molecule has 1 heterocycles. The van der Waals surface area contributed by atoms with Gasteiger partial charge in [0, 0.05) is 16.8 Å². The number of rotatable bonds is 7. The number of hydrogen-bond acceptors (Lipinski definition) is 2. The second kappa shape index (κ2) is 11.9. The fourth-order valence-electron chi connectivity index (χ4n) is 5.08. The number of carbonyl (C=O) groups is 1. The Labute approximate surface area is 230 Å². The van der Waals surface area contributed by atoms with E-state index in [1.54, 1.807) is 6.07 Å². The van der Waals surface area contributed by atoms with Crippen molar-refractivity contribution in [1.29, 1.82) is 0 Å². The van der Waals surface area contributed by atoms with Crippen LogP contribution >= 0.6 is 0 Å². The minimum absolute atomic E-state index is 0. The van der Waals surface area contributed by atoms with Crippen LogP contribution in [0.2, 0.25) is 0 Å². The zero-order valence-electron chi connectivity index (χ0n) is 20.8. The Hall–Kier alpha value is -2.90. The zero-order valence-corrected chi connectivity index (χ0v) is 22.9. The van der Waals surface area contributed by atoms with E-state index < -0.39 is 0 Å². The molecule has 5 heteroatoms. The number of benzene rings is 4. The lowest BCUT2D eigenvalue weighted by atomic mass is 10.1. The number of ether oxygens (including phenoxy) is 1. The molecule has 0 spiro atoms. The SMILES string of the molecule is C[N+]1(Cc2ccc(NC(=O)c3cccc(OCc4cccc5ccccc45)c3)cc2)CCCCC1.[I-]. The summed E-state index contributed by atoms with van der Waals surface area (Å²) >= 11 is 0. The summed E-state index contributed by atoms with van der Waals surface area (Å²) < 4.78 is 7.17. The van der Waals surface area contributed by atoms with Crippen LogP contribution in [0.5, 0.6) is 5.75 Å². The van der Waals surface area contributed by atoms with Crippen LogP contribution in [0.4, 0.5) is 5.69 Å². The van der Waals surface area contributed by atoms with Crippen molar-refractivity contribution in [2.75, 3.05) is 25.5 Å². The van der Waals surface area contributed by atoms with E-state index in [4.69, 9.17) is 4.74 Å². The van der Waals surface area contributed by atoms with Gasteiger partial charge in [0.1, 0.15) is 18.9 Å². The van der Waals surface area contributed by atoms with E-state index in [1.165, 1.54) is 48.7 Å². The third-order valence-corrected chi connectivity index (χ3v) is 7.04. The number of nitrogens with one attached hydrogen (secondary N) is 1. The van der Waals surface area contributed by atoms with Crippen LogP contribution < -0.4 is 34.0 Å². The van der Waals surface area contributed by atoms with Gasteiger partial charge in [0.05, 0.1) is 20.1 Å². The number of likely N-dealkylation sites (tertiary alicyclic amines) is 1. The Morgan fingerprint density at radius 2 is 1.58 bits per heavy atom. The molecular formula is C31H33IN2O2. The predicted octanol–water partition coefficient (Wildman–Crippen LogP) is 3.81. The average Bonchev–Trinajstić information content (AvgIpc) is 2.89. The standard InChI is InChI=1S/C31H32N2O2.HI/c1-33(19-5-2-6-20-33)22-24-15-17-28(18-16-24)32-31(34)26-11-8-13-29(21-26)35-23-27-12-7-10-25-9-3-4-14-30(25)27;/h3-4,7-18,21H,2,5-6,19-20,22-23H2,1H3;1H. The van der Waals surface area contributed by atoms with Gasteiger partial charge in [-0.1, -0.05) is 60.7 Å². The summed E-state index contributed by atoms with van der Waals surface area (Å²) in [5.41, 5.74) is 3.83. The highest BCUT2D eigenvalue weighted by Crippen LogP contribution is 2.23. The van der Waals surface area contributed by atoms with Gasteiger partial charge in [-0.3, -0.25) is 4.79 Å². The summed E-state index contributed by atoms with van der Waals surface area (Å²) in [5, 5.41) is 5.40. The van der Waals surface area contributed by atoms with Crippen LogP contribution in [0.25, 0.3) is 10.8 Å². The van der Waals surface area contributed by atoms with Gasteiger partial charge in [-0.2, -0.15) is 0 Å². The second-order valence-corrected chi connectivity index (χ2v) is 9.89. The normalized spacial score (nSPS) is 14.6. The van der Waals surface area contributed by atoms with Crippen molar-refractivity contribution >= 4 is 22.4 Å². The minimum Gasteiger partial charge on any atom is -1.00 e. The molecule has 0 saturated carbocycles. The number of piperidine rings is 1. The van der Waals surface area contributed by atoms with Crippen LogP contribution in [-0.4, -0.2) is 30.5 Å². The summed E-state index contributed by atoms with van der Waals surface area (Å²) in [6.07, 6.45) is 3.99. The fraction of sp³-hybridized carbons (Fsp3) is 0.258. The van der Waals surface area contributed by atoms with Crippen LogP contribution in [0, 0.1) is 0 Å². The molecular weight excluding hydrogens is 559 g/mol. The smallest absolute Gasteiger partial charge is 0.255 e. The van der Waals surface area contributed by atoms with E-state index >= 15 is 0 Å². The zero-order chi connectivity index (χ0) is 24.1. The van der Waals surface area contributed by atoms with Crippen molar-refractivity contribution in [3.63, 3.8) is 0 Å². The molecule has 4 nitrogen and oxygen atoms in total. The number of nitrogens with zero attached hydrogens (tertiary/aromatic N) is 1. The summed E-state index contributed by atoms with van der Waals surface area (Å²) in [7, 11) is 2.35. The Kier molecular flexibility index (Phi) is 8.64. The molecule has 1 fully saturated rings. The molecule has 4 aromatic rings. The lowest BCUT2D eigenvalue weighted by molar-refractivity contribution is -0.926. The molecule has 0 radical (unpaired) electrons. The highest BCUT2D eigenvalue weighted by atomic mass is 127. The van der Waals surface area contributed by atoms with Gasteiger partial charge >= 0.3 is 0 Å². The first-order valence-electron chi connectivity index (χ1n) is 12.5. The minimum atomic E-state index is -0.136. The average molecular weight is 593 g/mol. The molecule has 1 aliphatic rings. The number of amides is 1. The number of carbonyl (C=O) groups excluding carboxylic acids is 1. The molecule has 4 aromatic carbocycles. The van der Waals surface area contributed by atoms with E-state index in [2.05, 4.69) is 48.8 Å². The molecule has 5 rings (SSSR count). The Balaban J connectivity index is 0.00000304. The van der Waals surface area contributed by atoms with Crippen LogP contribution in [0.1, 0.15) is 40.7 Å². The number of anilines is 1. The monoisotopic (exact) mass is 592 g/mol. The molecule has 1 N–H and O–H groups in total. The van der Waals surface area contributed by atoms with Gasteiger partial charge in [-0.25, -0.2) is 0 Å². The number of quaternary nitrogens is 1. The van der Waals surface area contributed by atoms with Crippen molar-refractivity contribution in [1.82, 2.24) is 0 Å². The maximum atomic E-state index is 12.9. The molecule has 0 aliphatic carbocycles. The van der Waals surface area contributed by atoms with Gasteiger partial charge in [0.2, 0.25) is 0 Å². The van der Waals surface area contributed by atoms with Crippen LogP contribution in [0.15, 0.2) is 91.0 Å². The maximum Gasteiger partial charge on any atom is 0.255 e. The maximum absolute atomic E-state index is 12.9. The van der Waals surface area contributed by atoms with Crippen molar-refractivity contribution in [2.24, 2.45) is 0 Å². The first kappa shape index (κ1) is 26.2. The molecule has 0 atom stereocenters. The molecule has 1 amide bonds. The molecule has 1 saturated heterocycles. The first-order chi connectivity index (χ1) is 17.1. The van der Waals surface area contributed by atoms with Gasteiger partial charge in [0.25, 0.3) is 5.91 Å². The van der Waals surface area contributed by atoms with Crippen LogP contribution in [-0.2, 0) is 13.2 Å². The predicted molar refractivity (Wildman–Crippen MR) is 143 cm³/mol. The number of hydrogen-bond donors (Lipinski definition) is 1. The van der Waals surface area contributed by atoms with Crippen molar-refractivity contribution in [2.45, 2.75) is 32.4 Å². The number of fused-ring (bicyclic) bond motifs is 1. The van der Waals surface area contributed by atoms with Crippen LogP contribution in [0.3, 0.4) is 0 Å².